The molecule has 0 amide bonds. The average molecular weight is 280 g/mol. The summed E-state index contributed by atoms with van der Waals surface area (Å²) in [7, 11) is 0. The van der Waals surface area contributed by atoms with E-state index >= 15 is 0 Å². The molecule has 110 valence electrons. The van der Waals surface area contributed by atoms with Crippen LogP contribution >= 0.6 is 0 Å². The minimum absolute atomic E-state index is 0.131. The topological polar surface area (TPSA) is 73.3 Å². The Morgan fingerprint density at radius 1 is 1.50 bits per heavy atom. The lowest BCUT2D eigenvalue weighted by molar-refractivity contribution is -0.118. The smallest absolute Gasteiger partial charge is 0.330 e. The lowest BCUT2D eigenvalue weighted by atomic mass is 9.79. The molecule has 3 heterocycles. The fraction of sp³-hybridized carbons (Fsp3) is 0.714. The molecule has 1 aromatic rings. The largest absolute Gasteiger partial charge is 0.378 e. The summed E-state index contributed by atoms with van der Waals surface area (Å²) in [5, 5.41) is 0. The SMILES string of the molecule is CC[C@@]12COCC([C@H](n3cc(C)c(=O)[nH]c3=O)O1)[C@H]2C. The van der Waals surface area contributed by atoms with Crippen molar-refractivity contribution in [2.45, 2.75) is 39.0 Å². The van der Waals surface area contributed by atoms with Crippen LogP contribution in [0.3, 0.4) is 0 Å². The number of aromatic nitrogens is 2. The van der Waals surface area contributed by atoms with Crippen LogP contribution in [0.5, 0.6) is 0 Å². The van der Waals surface area contributed by atoms with Crippen LogP contribution < -0.4 is 11.2 Å². The maximum atomic E-state index is 12.1. The Bertz CT molecular complexity index is 635. The Labute approximate surface area is 116 Å². The third-order valence-electron chi connectivity index (χ3n) is 4.87. The number of hydrogen-bond donors (Lipinski definition) is 1. The van der Waals surface area contributed by atoms with Gasteiger partial charge < -0.3 is 9.47 Å². The van der Waals surface area contributed by atoms with E-state index in [0.717, 1.165) is 6.42 Å². The van der Waals surface area contributed by atoms with Gasteiger partial charge in [0.15, 0.2) is 0 Å². The maximum absolute atomic E-state index is 12.1. The summed E-state index contributed by atoms with van der Waals surface area (Å²) in [5.41, 5.74) is -0.580. The number of fused-ring (bicyclic) bond motifs is 2. The number of hydrogen-bond acceptors (Lipinski definition) is 4. The zero-order valence-electron chi connectivity index (χ0n) is 12.0. The van der Waals surface area contributed by atoms with Gasteiger partial charge in [0.25, 0.3) is 5.56 Å². The third-order valence-corrected chi connectivity index (χ3v) is 4.87. The summed E-state index contributed by atoms with van der Waals surface area (Å²) < 4.78 is 13.4. The van der Waals surface area contributed by atoms with Crippen molar-refractivity contribution in [2.24, 2.45) is 11.8 Å². The molecule has 2 fully saturated rings. The lowest BCUT2D eigenvalue weighted by Crippen LogP contribution is -2.44. The first-order chi connectivity index (χ1) is 9.48. The van der Waals surface area contributed by atoms with Crippen LogP contribution in [0.4, 0.5) is 0 Å². The molecule has 2 saturated heterocycles. The van der Waals surface area contributed by atoms with Crippen molar-refractivity contribution in [1.29, 1.82) is 0 Å². The number of H-pyrrole nitrogens is 1. The minimum atomic E-state index is -0.420. The lowest BCUT2D eigenvalue weighted by Gasteiger charge is -2.35. The Balaban J connectivity index is 2.06. The van der Waals surface area contributed by atoms with Gasteiger partial charge in [0.2, 0.25) is 0 Å². The fourth-order valence-corrected chi connectivity index (χ4v) is 3.38. The van der Waals surface area contributed by atoms with Crippen LogP contribution in [-0.4, -0.2) is 28.4 Å². The highest BCUT2D eigenvalue weighted by Gasteiger charge is 2.55. The van der Waals surface area contributed by atoms with Crippen molar-refractivity contribution in [2.75, 3.05) is 13.2 Å². The van der Waals surface area contributed by atoms with E-state index in [1.807, 2.05) is 0 Å². The van der Waals surface area contributed by atoms with Gasteiger partial charge in [-0.25, -0.2) is 4.79 Å². The van der Waals surface area contributed by atoms with E-state index < -0.39 is 5.69 Å². The van der Waals surface area contributed by atoms with Gasteiger partial charge in [-0.3, -0.25) is 14.3 Å². The highest BCUT2D eigenvalue weighted by atomic mass is 16.6. The van der Waals surface area contributed by atoms with Crippen molar-refractivity contribution in [3.05, 3.63) is 32.6 Å². The van der Waals surface area contributed by atoms with E-state index in [4.69, 9.17) is 9.47 Å². The number of nitrogens with one attached hydrogen (secondary N) is 1. The van der Waals surface area contributed by atoms with Crippen LogP contribution in [0, 0.1) is 18.8 Å². The van der Waals surface area contributed by atoms with Gasteiger partial charge in [-0.1, -0.05) is 13.8 Å². The zero-order valence-corrected chi connectivity index (χ0v) is 12.0. The van der Waals surface area contributed by atoms with Crippen LogP contribution in [0.25, 0.3) is 0 Å². The number of aryl methyl sites for hydroxylation is 1. The third kappa shape index (κ3) is 1.78. The molecule has 0 spiro atoms. The summed E-state index contributed by atoms with van der Waals surface area (Å²) >= 11 is 0. The van der Waals surface area contributed by atoms with E-state index in [9.17, 15) is 9.59 Å². The first-order valence-electron chi connectivity index (χ1n) is 7.06. The summed E-state index contributed by atoms with van der Waals surface area (Å²) in [6.07, 6.45) is 2.07. The van der Waals surface area contributed by atoms with E-state index in [1.165, 1.54) is 4.57 Å². The van der Waals surface area contributed by atoms with Crippen molar-refractivity contribution < 1.29 is 9.47 Å². The highest BCUT2D eigenvalue weighted by Crippen LogP contribution is 2.50. The average Bonchev–Trinajstić information content (AvgIpc) is 2.60. The molecule has 1 unspecified atom stereocenters. The highest BCUT2D eigenvalue weighted by molar-refractivity contribution is 5.05. The molecule has 0 aliphatic carbocycles. The van der Waals surface area contributed by atoms with Crippen LogP contribution in [0.2, 0.25) is 0 Å². The molecule has 2 aliphatic rings. The second-order valence-electron chi connectivity index (χ2n) is 5.87. The van der Waals surface area contributed by atoms with Crippen LogP contribution in [0.1, 0.15) is 32.1 Å². The number of aromatic amines is 1. The number of ether oxygens (including phenoxy) is 2. The molecule has 0 saturated carbocycles. The Hall–Kier alpha value is -1.40. The van der Waals surface area contributed by atoms with Gasteiger partial charge in [0, 0.05) is 17.7 Å². The Morgan fingerprint density at radius 2 is 2.25 bits per heavy atom. The molecule has 0 radical (unpaired) electrons. The maximum Gasteiger partial charge on any atom is 0.330 e. The van der Waals surface area contributed by atoms with Crippen LogP contribution in [0.15, 0.2) is 15.8 Å². The quantitative estimate of drug-likeness (QED) is 0.870. The molecule has 6 heteroatoms. The number of nitrogens with zero attached hydrogens (tertiary/aromatic N) is 1. The van der Waals surface area contributed by atoms with E-state index in [-0.39, 0.29) is 23.3 Å². The first-order valence-corrected chi connectivity index (χ1v) is 7.06. The van der Waals surface area contributed by atoms with Gasteiger partial charge in [-0.15, -0.1) is 0 Å². The molecule has 3 rings (SSSR count). The number of rotatable bonds is 2. The van der Waals surface area contributed by atoms with Crippen molar-refractivity contribution in [1.82, 2.24) is 9.55 Å². The standard InChI is InChI=1S/C14H20N2O4/c1-4-14-7-19-6-10(9(14)3)12(20-14)16-5-8(2)11(17)15-13(16)18/h5,9-10,12H,4,6-7H2,1-3H3,(H,15,17,18)/t9-,10?,12-,14+/m1/s1. The molecule has 1 N–H and O–H groups in total. The van der Waals surface area contributed by atoms with Crippen molar-refractivity contribution in [3.63, 3.8) is 0 Å². The zero-order chi connectivity index (χ0) is 14.5. The molecule has 2 bridgehead atoms. The summed E-state index contributed by atoms with van der Waals surface area (Å²) in [4.78, 5) is 25.9. The predicted octanol–water partition coefficient (Wildman–Crippen LogP) is 0.805. The van der Waals surface area contributed by atoms with E-state index in [2.05, 4.69) is 18.8 Å². The fourth-order valence-electron chi connectivity index (χ4n) is 3.38. The molecule has 2 aliphatic heterocycles. The van der Waals surface area contributed by atoms with E-state index in [1.54, 1.807) is 13.1 Å². The van der Waals surface area contributed by atoms with Gasteiger partial charge in [-0.05, 0) is 19.3 Å². The molecule has 1 aromatic heterocycles. The monoisotopic (exact) mass is 280 g/mol. The van der Waals surface area contributed by atoms with Gasteiger partial charge in [0.1, 0.15) is 6.23 Å². The van der Waals surface area contributed by atoms with E-state index in [0.29, 0.717) is 24.7 Å². The summed E-state index contributed by atoms with van der Waals surface area (Å²) in [6.45, 7) is 7.06. The molecular formula is C14H20N2O4. The molecule has 0 aromatic carbocycles. The molecule has 6 nitrogen and oxygen atoms in total. The van der Waals surface area contributed by atoms with Gasteiger partial charge >= 0.3 is 5.69 Å². The molecular weight excluding hydrogens is 260 g/mol. The van der Waals surface area contributed by atoms with Gasteiger partial charge in [0.05, 0.1) is 18.8 Å². The normalized spacial score (nSPS) is 36.2. The van der Waals surface area contributed by atoms with Crippen LogP contribution in [-0.2, 0) is 9.47 Å². The Morgan fingerprint density at radius 3 is 2.90 bits per heavy atom. The summed E-state index contributed by atoms with van der Waals surface area (Å²) in [6, 6.07) is 0. The first kappa shape index (κ1) is 13.6. The van der Waals surface area contributed by atoms with Crippen molar-refractivity contribution in [3.8, 4) is 0 Å². The second-order valence-corrected chi connectivity index (χ2v) is 5.87. The van der Waals surface area contributed by atoms with Crippen molar-refractivity contribution >= 4 is 0 Å². The minimum Gasteiger partial charge on any atom is -0.378 e. The Kier molecular flexibility index (Phi) is 3.10. The summed E-state index contributed by atoms with van der Waals surface area (Å²) in [5.74, 6) is 0.456. The second kappa shape index (κ2) is 4.56. The molecule has 4 atom stereocenters. The molecule has 20 heavy (non-hydrogen) atoms. The van der Waals surface area contributed by atoms with Gasteiger partial charge in [-0.2, -0.15) is 0 Å². The predicted molar refractivity (Wildman–Crippen MR) is 72.7 cm³/mol.